The molecule has 4 heteroatoms. The van der Waals surface area contributed by atoms with Gasteiger partial charge in [-0.25, -0.2) is 0 Å². The zero-order valence-corrected chi connectivity index (χ0v) is 12.0. The maximum Gasteiger partial charge on any atom is 0.223 e. The summed E-state index contributed by atoms with van der Waals surface area (Å²) < 4.78 is 0. The summed E-state index contributed by atoms with van der Waals surface area (Å²) in [5.74, 6) is 1.28. The van der Waals surface area contributed by atoms with Crippen molar-refractivity contribution >= 4 is 11.7 Å². The van der Waals surface area contributed by atoms with Crippen molar-refractivity contribution in [2.45, 2.75) is 44.9 Å². The predicted molar refractivity (Wildman–Crippen MR) is 74.8 cm³/mol. The first kappa shape index (κ1) is 14.5. The van der Waals surface area contributed by atoms with Crippen molar-refractivity contribution in [3.63, 3.8) is 0 Å². The second-order valence-corrected chi connectivity index (χ2v) is 6.16. The van der Waals surface area contributed by atoms with Crippen molar-refractivity contribution < 1.29 is 9.59 Å². The Balaban J connectivity index is 1.62. The van der Waals surface area contributed by atoms with Gasteiger partial charge in [0.15, 0.2) is 0 Å². The van der Waals surface area contributed by atoms with Gasteiger partial charge in [-0.1, -0.05) is 0 Å². The summed E-state index contributed by atoms with van der Waals surface area (Å²) >= 11 is 0. The lowest BCUT2D eigenvalue weighted by Crippen LogP contribution is -2.37. The summed E-state index contributed by atoms with van der Waals surface area (Å²) in [7, 11) is 2.17. The number of Topliss-reactive ketones (excluding diaryl/α,β-unsaturated/α-hetero) is 1. The molecule has 1 aliphatic carbocycles. The molecule has 19 heavy (non-hydrogen) atoms. The highest BCUT2D eigenvalue weighted by atomic mass is 16.2. The third-order valence-electron chi connectivity index (χ3n) is 4.49. The molecule has 0 radical (unpaired) electrons. The fourth-order valence-corrected chi connectivity index (χ4v) is 3.25. The SMILES string of the molecule is CN1CCCC(CCNC(=O)C2CCC(=O)CC2)C1. The average molecular weight is 266 g/mol. The van der Waals surface area contributed by atoms with Crippen LogP contribution in [-0.4, -0.2) is 43.3 Å². The van der Waals surface area contributed by atoms with Crippen molar-refractivity contribution in [3.8, 4) is 0 Å². The molecule has 0 bridgehead atoms. The Hall–Kier alpha value is -0.900. The third-order valence-corrected chi connectivity index (χ3v) is 4.49. The Morgan fingerprint density at radius 1 is 1.32 bits per heavy atom. The molecule has 108 valence electrons. The second kappa shape index (κ2) is 7.04. The fourth-order valence-electron chi connectivity index (χ4n) is 3.25. The van der Waals surface area contributed by atoms with E-state index in [9.17, 15) is 9.59 Å². The Labute approximate surface area is 115 Å². The quantitative estimate of drug-likeness (QED) is 0.840. The lowest BCUT2D eigenvalue weighted by atomic mass is 9.87. The van der Waals surface area contributed by atoms with E-state index < -0.39 is 0 Å². The summed E-state index contributed by atoms with van der Waals surface area (Å²) in [6.07, 6.45) is 6.32. The number of rotatable bonds is 4. The standard InChI is InChI=1S/C15H26N2O2/c1-17-10-2-3-12(11-17)8-9-16-15(19)13-4-6-14(18)7-5-13/h12-13H,2-11H2,1H3,(H,16,19). The maximum atomic E-state index is 12.0. The second-order valence-electron chi connectivity index (χ2n) is 6.16. The Morgan fingerprint density at radius 2 is 2.05 bits per heavy atom. The van der Waals surface area contributed by atoms with Crippen LogP contribution in [0.5, 0.6) is 0 Å². The van der Waals surface area contributed by atoms with Crippen LogP contribution in [0.4, 0.5) is 0 Å². The van der Waals surface area contributed by atoms with Crippen molar-refractivity contribution in [2.75, 3.05) is 26.7 Å². The van der Waals surface area contributed by atoms with E-state index in [4.69, 9.17) is 0 Å². The number of nitrogens with zero attached hydrogens (tertiary/aromatic N) is 1. The first-order valence-electron chi connectivity index (χ1n) is 7.63. The maximum absolute atomic E-state index is 12.0. The molecule has 1 saturated heterocycles. The molecular weight excluding hydrogens is 240 g/mol. The molecule has 0 spiro atoms. The Bertz CT molecular complexity index is 320. The molecule has 0 aromatic heterocycles. The summed E-state index contributed by atoms with van der Waals surface area (Å²) in [4.78, 5) is 25.5. The minimum Gasteiger partial charge on any atom is -0.356 e. The van der Waals surface area contributed by atoms with E-state index in [1.54, 1.807) is 0 Å². The minimum absolute atomic E-state index is 0.0757. The fraction of sp³-hybridized carbons (Fsp3) is 0.867. The van der Waals surface area contributed by atoms with Crippen molar-refractivity contribution in [1.29, 1.82) is 0 Å². The molecule has 2 aliphatic rings. The highest BCUT2D eigenvalue weighted by Crippen LogP contribution is 2.22. The van der Waals surface area contributed by atoms with Gasteiger partial charge in [0.05, 0.1) is 0 Å². The lowest BCUT2D eigenvalue weighted by molar-refractivity contribution is -0.128. The number of carbonyl (C=O) groups excluding carboxylic acids is 2. The van der Waals surface area contributed by atoms with Gasteiger partial charge in [0.1, 0.15) is 5.78 Å². The Morgan fingerprint density at radius 3 is 2.74 bits per heavy atom. The lowest BCUT2D eigenvalue weighted by Gasteiger charge is -2.29. The molecule has 0 aromatic rings. The smallest absolute Gasteiger partial charge is 0.223 e. The number of piperidine rings is 1. The normalized spacial score (nSPS) is 26.4. The average Bonchev–Trinajstić information content (AvgIpc) is 2.39. The van der Waals surface area contributed by atoms with Gasteiger partial charge in [-0.3, -0.25) is 9.59 Å². The molecule has 1 atom stereocenters. The van der Waals surface area contributed by atoms with Gasteiger partial charge in [0.2, 0.25) is 5.91 Å². The molecular formula is C15H26N2O2. The summed E-state index contributed by atoms with van der Waals surface area (Å²) in [5.41, 5.74) is 0. The molecule has 2 rings (SSSR count). The van der Waals surface area contributed by atoms with Crippen LogP contribution >= 0.6 is 0 Å². The van der Waals surface area contributed by atoms with Crippen LogP contribution in [0.15, 0.2) is 0 Å². The number of ketones is 1. The largest absolute Gasteiger partial charge is 0.356 e. The summed E-state index contributed by atoms with van der Waals surface area (Å²) in [6, 6.07) is 0. The van der Waals surface area contributed by atoms with Crippen molar-refractivity contribution in [2.24, 2.45) is 11.8 Å². The zero-order valence-electron chi connectivity index (χ0n) is 12.0. The van der Waals surface area contributed by atoms with E-state index in [1.807, 2.05) is 0 Å². The van der Waals surface area contributed by atoms with Gasteiger partial charge in [-0.2, -0.15) is 0 Å². The van der Waals surface area contributed by atoms with E-state index in [1.165, 1.54) is 19.4 Å². The highest BCUT2D eigenvalue weighted by molar-refractivity contribution is 5.84. The van der Waals surface area contributed by atoms with Gasteiger partial charge < -0.3 is 10.2 Å². The highest BCUT2D eigenvalue weighted by Gasteiger charge is 2.24. The van der Waals surface area contributed by atoms with Crippen LogP contribution in [0.1, 0.15) is 44.9 Å². The first-order valence-corrected chi connectivity index (χ1v) is 7.63. The molecule has 1 amide bonds. The van der Waals surface area contributed by atoms with Crippen molar-refractivity contribution in [1.82, 2.24) is 10.2 Å². The number of amides is 1. The minimum atomic E-state index is 0.0757. The number of likely N-dealkylation sites (tertiary alicyclic amines) is 1. The molecule has 1 unspecified atom stereocenters. The monoisotopic (exact) mass is 266 g/mol. The van der Waals surface area contributed by atoms with E-state index in [2.05, 4.69) is 17.3 Å². The number of hydrogen-bond donors (Lipinski definition) is 1. The van der Waals surface area contributed by atoms with Crippen LogP contribution in [0, 0.1) is 11.8 Å². The van der Waals surface area contributed by atoms with Crippen molar-refractivity contribution in [3.05, 3.63) is 0 Å². The predicted octanol–water partition coefficient (Wildman–Crippen LogP) is 1.59. The molecule has 1 saturated carbocycles. The molecule has 4 nitrogen and oxygen atoms in total. The first-order chi connectivity index (χ1) is 9.15. The topological polar surface area (TPSA) is 49.4 Å². The summed E-state index contributed by atoms with van der Waals surface area (Å²) in [6.45, 7) is 3.16. The van der Waals surface area contributed by atoms with Gasteiger partial charge in [-0.15, -0.1) is 0 Å². The van der Waals surface area contributed by atoms with Gasteiger partial charge in [0, 0.05) is 31.8 Å². The van der Waals surface area contributed by atoms with Gasteiger partial charge >= 0.3 is 0 Å². The van der Waals surface area contributed by atoms with E-state index in [0.717, 1.165) is 38.3 Å². The van der Waals surface area contributed by atoms with Gasteiger partial charge in [-0.05, 0) is 51.6 Å². The number of hydrogen-bond acceptors (Lipinski definition) is 3. The van der Waals surface area contributed by atoms with Crippen LogP contribution < -0.4 is 5.32 Å². The number of nitrogens with one attached hydrogen (secondary N) is 1. The zero-order chi connectivity index (χ0) is 13.7. The van der Waals surface area contributed by atoms with Crippen LogP contribution in [0.2, 0.25) is 0 Å². The number of carbonyl (C=O) groups is 2. The third kappa shape index (κ3) is 4.60. The van der Waals surface area contributed by atoms with E-state index in [-0.39, 0.29) is 11.8 Å². The van der Waals surface area contributed by atoms with E-state index in [0.29, 0.717) is 18.6 Å². The molecule has 0 aromatic carbocycles. The van der Waals surface area contributed by atoms with Crippen LogP contribution in [0.3, 0.4) is 0 Å². The van der Waals surface area contributed by atoms with Crippen LogP contribution in [0.25, 0.3) is 0 Å². The molecule has 2 fully saturated rings. The summed E-state index contributed by atoms with van der Waals surface area (Å²) in [5, 5.41) is 3.06. The van der Waals surface area contributed by atoms with Gasteiger partial charge in [0.25, 0.3) is 0 Å². The molecule has 1 N–H and O–H groups in total. The van der Waals surface area contributed by atoms with E-state index >= 15 is 0 Å². The Kier molecular flexibility index (Phi) is 5.37. The van der Waals surface area contributed by atoms with Crippen LogP contribution in [-0.2, 0) is 9.59 Å². The molecule has 1 heterocycles. The molecule has 1 aliphatic heterocycles.